The number of benzene rings is 1. The monoisotopic (exact) mass is 344 g/mol. The van der Waals surface area contributed by atoms with Gasteiger partial charge in [0.05, 0.1) is 18.5 Å². The minimum absolute atomic E-state index is 0. The molecule has 0 saturated carbocycles. The number of aryl methyl sites for hydroxylation is 1. The molecule has 0 bridgehead atoms. The van der Waals surface area contributed by atoms with Crippen molar-refractivity contribution in [3.05, 3.63) is 23.8 Å². The fraction of sp³-hybridized carbons (Fsp3) is 0.300. The van der Waals surface area contributed by atoms with Gasteiger partial charge in [0.2, 0.25) is 0 Å². The van der Waals surface area contributed by atoms with Crippen molar-refractivity contribution in [2.45, 2.75) is 18.2 Å². The normalized spacial score (nSPS) is 9.72. The molecule has 0 atom stereocenters. The van der Waals surface area contributed by atoms with Crippen LogP contribution in [-0.4, -0.2) is 11.3 Å². The third-order valence-electron chi connectivity index (χ3n) is 1.83. The Morgan fingerprint density at radius 1 is 1.50 bits per heavy atom. The van der Waals surface area contributed by atoms with E-state index in [1.807, 2.05) is 0 Å². The van der Waals surface area contributed by atoms with E-state index in [9.17, 15) is 10.1 Å². The van der Waals surface area contributed by atoms with Crippen LogP contribution in [0.2, 0.25) is 0 Å². The van der Waals surface area contributed by atoms with E-state index in [0.717, 1.165) is 17.6 Å². The summed E-state index contributed by atoms with van der Waals surface area (Å²) in [6.45, 7) is 1.79. The largest absolute Gasteiger partial charge is 1.00 e. The summed E-state index contributed by atoms with van der Waals surface area (Å²) in [6.07, 6.45) is 0.309. The summed E-state index contributed by atoms with van der Waals surface area (Å²) < 4.78 is 9.31. The summed E-state index contributed by atoms with van der Waals surface area (Å²) in [5, 5.41) is 13.5. The van der Waals surface area contributed by atoms with Crippen LogP contribution in [-0.2, 0) is 14.2 Å². The van der Waals surface area contributed by atoms with Gasteiger partial charge < -0.3 is 9.99 Å². The quantitative estimate of drug-likeness (QED) is 0.124. The Hall–Kier alpha value is 0.400. The fourth-order valence-corrected chi connectivity index (χ4v) is 1.87. The molecule has 1 aromatic carbocycles. The molecule has 0 aliphatic carbocycles. The van der Waals surface area contributed by atoms with E-state index >= 15 is 0 Å². The van der Waals surface area contributed by atoms with Gasteiger partial charge in [-0.2, -0.15) is 4.33 Å². The summed E-state index contributed by atoms with van der Waals surface area (Å²) in [6, 6.07) is 5.02. The van der Waals surface area contributed by atoms with Crippen LogP contribution in [0.25, 0.3) is 0 Å². The molecule has 0 saturated heterocycles. The van der Waals surface area contributed by atoms with E-state index in [2.05, 4.69) is 25.3 Å². The van der Waals surface area contributed by atoms with Gasteiger partial charge in [-0.15, -0.1) is 0 Å². The Bertz CT molecular complexity index is 391. The molecular formula is C10H10BrNaO5S. The molecule has 0 radical (unpaired) electrons. The second-order valence-electron chi connectivity index (χ2n) is 3.06. The first-order valence-electron chi connectivity index (χ1n) is 4.68. The maximum atomic E-state index is 11.3. The van der Waals surface area contributed by atoms with Gasteiger partial charge in [0.15, 0.2) is 0 Å². The first-order valence-corrected chi connectivity index (χ1v) is 6.54. The molecule has 0 N–H and O–H groups in total. The van der Waals surface area contributed by atoms with E-state index in [1.165, 1.54) is 0 Å². The number of esters is 1. The number of ether oxygens (including phenoxy) is 1. The predicted molar refractivity (Wildman–Crippen MR) is 63.3 cm³/mol. The molecule has 5 nitrogen and oxygen atoms in total. The van der Waals surface area contributed by atoms with Crippen molar-refractivity contribution in [1.29, 1.82) is 0 Å². The number of hydrogen-bond donors (Lipinski definition) is 0. The van der Waals surface area contributed by atoms with Gasteiger partial charge in [-0.1, -0.05) is 15.9 Å². The van der Waals surface area contributed by atoms with Crippen molar-refractivity contribution in [3.63, 3.8) is 0 Å². The number of rotatable bonds is 6. The van der Waals surface area contributed by atoms with Crippen LogP contribution in [0.4, 0.5) is 0 Å². The molecule has 0 unspecified atom stereocenters. The molecule has 0 fully saturated rings. The van der Waals surface area contributed by atoms with E-state index in [0.29, 0.717) is 22.4 Å². The predicted octanol–water partition coefficient (Wildman–Crippen LogP) is -1.08. The van der Waals surface area contributed by atoms with E-state index in [1.54, 1.807) is 25.1 Å². The van der Waals surface area contributed by atoms with Crippen LogP contribution in [0.15, 0.2) is 23.1 Å². The van der Waals surface area contributed by atoms with Gasteiger partial charge in [0, 0.05) is 10.2 Å². The second-order valence-corrected chi connectivity index (χ2v) is 4.63. The smallest absolute Gasteiger partial charge is 0.691 e. The minimum Gasteiger partial charge on any atom is -0.691 e. The van der Waals surface area contributed by atoms with Gasteiger partial charge in [0.1, 0.15) is 5.75 Å². The van der Waals surface area contributed by atoms with Crippen molar-refractivity contribution in [2.75, 3.05) is 5.33 Å². The molecule has 1 rings (SSSR count). The van der Waals surface area contributed by atoms with Gasteiger partial charge in [-0.3, -0.25) is 9.83 Å². The zero-order chi connectivity index (χ0) is 12.7. The van der Waals surface area contributed by atoms with Crippen molar-refractivity contribution < 1.29 is 53.7 Å². The van der Waals surface area contributed by atoms with Crippen molar-refractivity contribution >= 4 is 33.9 Å². The molecule has 0 spiro atoms. The van der Waals surface area contributed by atoms with Crippen LogP contribution in [0.3, 0.4) is 0 Å². The van der Waals surface area contributed by atoms with Crippen LogP contribution in [0.1, 0.15) is 12.0 Å². The Morgan fingerprint density at radius 2 is 2.22 bits per heavy atom. The maximum absolute atomic E-state index is 11.3. The van der Waals surface area contributed by atoms with Gasteiger partial charge in [-0.25, -0.2) is 0 Å². The zero-order valence-electron chi connectivity index (χ0n) is 9.97. The average Bonchev–Trinajstić information content (AvgIpc) is 2.30. The van der Waals surface area contributed by atoms with Crippen LogP contribution < -0.4 is 39.6 Å². The standard InChI is InChI=1S/C10H11BrO5S.Na/c1-7-6-8(17-16-15-13)2-3-9(7)14-10(12)4-5-11;/h2-3,6,13H,4-5H2,1H3;/q;+1/p-1. The third-order valence-corrected chi connectivity index (χ3v) is 2.79. The number of alkyl halides is 1. The molecule has 0 heterocycles. The maximum Gasteiger partial charge on any atom is 1.00 e. The molecule has 0 amide bonds. The van der Waals surface area contributed by atoms with Crippen molar-refractivity contribution in [2.24, 2.45) is 0 Å². The van der Waals surface area contributed by atoms with Crippen LogP contribution in [0.5, 0.6) is 5.75 Å². The molecule has 18 heavy (non-hydrogen) atoms. The second kappa shape index (κ2) is 10.2. The molecule has 1 aromatic rings. The van der Waals surface area contributed by atoms with Crippen molar-refractivity contribution in [1.82, 2.24) is 0 Å². The summed E-state index contributed by atoms with van der Waals surface area (Å²) in [4.78, 5) is 12.0. The SMILES string of the molecule is Cc1cc(SOO[O-])ccc1OC(=O)CCBr.[Na+]. The molecule has 94 valence electrons. The fourth-order valence-electron chi connectivity index (χ4n) is 1.09. The van der Waals surface area contributed by atoms with E-state index < -0.39 is 0 Å². The Morgan fingerprint density at radius 3 is 2.78 bits per heavy atom. The van der Waals surface area contributed by atoms with E-state index in [4.69, 9.17) is 4.74 Å². The van der Waals surface area contributed by atoms with E-state index in [-0.39, 0.29) is 35.5 Å². The summed E-state index contributed by atoms with van der Waals surface area (Å²) in [5.74, 6) is 0.188. The summed E-state index contributed by atoms with van der Waals surface area (Å²) >= 11 is 3.95. The Balaban J connectivity index is 0.00000289. The molecular weight excluding hydrogens is 335 g/mol. The van der Waals surface area contributed by atoms with Gasteiger partial charge in [0.25, 0.3) is 0 Å². The summed E-state index contributed by atoms with van der Waals surface area (Å²) in [5.41, 5.74) is 0.771. The number of carbonyl (C=O) groups excluding carboxylic acids is 1. The zero-order valence-corrected chi connectivity index (χ0v) is 14.4. The van der Waals surface area contributed by atoms with Gasteiger partial charge >= 0.3 is 35.5 Å². The first-order chi connectivity index (χ1) is 8.17. The van der Waals surface area contributed by atoms with Crippen LogP contribution in [0, 0.1) is 6.92 Å². The number of carbonyl (C=O) groups is 1. The first kappa shape index (κ1) is 18.4. The molecule has 0 aromatic heterocycles. The summed E-state index contributed by atoms with van der Waals surface area (Å²) in [7, 11) is 0. The topological polar surface area (TPSA) is 67.8 Å². The molecule has 0 aliphatic heterocycles. The average molecular weight is 345 g/mol. The Kier molecular flexibility index (Phi) is 10.4. The van der Waals surface area contributed by atoms with Gasteiger partial charge in [-0.05, 0) is 30.7 Å². The molecule has 8 heteroatoms. The Labute approximate surface area is 140 Å². The van der Waals surface area contributed by atoms with Crippen molar-refractivity contribution in [3.8, 4) is 5.75 Å². The third kappa shape index (κ3) is 6.53. The molecule has 0 aliphatic rings. The van der Waals surface area contributed by atoms with Crippen LogP contribution >= 0.6 is 28.0 Å². The minimum atomic E-state index is -0.301. The number of halogens is 1. The number of hydrogen-bond acceptors (Lipinski definition) is 6.